The van der Waals surface area contributed by atoms with Gasteiger partial charge in [-0.1, -0.05) is 48.5 Å². The van der Waals surface area contributed by atoms with Crippen molar-refractivity contribution >= 4 is 50.2 Å². The summed E-state index contributed by atoms with van der Waals surface area (Å²) in [6.45, 7) is 0. The van der Waals surface area contributed by atoms with E-state index < -0.39 is 21.9 Å². The van der Waals surface area contributed by atoms with Gasteiger partial charge in [0.1, 0.15) is 0 Å². The number of rotatable bonds is 7. The highest BCUT2D eigenvalue weighted by atomic mass is 32.2. The van der Waals surface area contributed by atoms with Crippen LogP contribution in [0.4, 0.5) is 17.1 Å². The third-order valence-electron chi connectivity index (χ3n) is 5.79. The minimum atomic E-state index is -3.93. The molecule has 4 aromatic rings. The van der Waals surface area contributed by atoms with Crippen LogP contribution in [-0.2, 0) is 14.8 Å². The maximum Gasteiger partial charge on any atom is 0.335 e. The van der Waals surface area contributed by atoms with Crippen LogP contribution in [0.2, 0.25) is 0 Å². The summed E-state index contributed by atoms with van der Waals surface area (Å²) in [5, 5.41) is 15.2. The van der Waals surface area contributed by atoms with Crippen molar-refractivity contribution in [1.82, 2.24) is 0 Å². The van der Waals surface area contributed by atoms with Gasteiger partial charge in [0, 0.05) is 22.6 Å². The average molecular weight is 512 g/mol. The Hall–Kier alpha value is -4.89. The fourth-order valence-electron chi connectivity index (χ4n) is 4.01. The lowest BCUT2D eigenvalue weighted by Gasteiger charge is -2.15. The molecule has 184 valence electrons. The van der Waals surface area contributed by atoms with Crippen LogP contribution in [0.5, 0.6) is 0 Å². The number of sulfonamides is 1. The molecule has 0 unspecified atom stereocenters. The van der Waals surface area contributed by atoms with Crippen LogP contribution in [0, 0.1) is 0 Å². The first-order chi connectivity index (χ1) is 17.8. The Morgan fingerprint density at radius 2 is 1.41 bits per heavy atom. The minimum absolute atomic E-state index is 0.00215. The van der Waals surface area contributed by atoms with Crippen LogP contribution >= 0.6 is 0 Å². The molecule has 4 N–H and O–H groups in total. The van der Waals surface area contributed by atoms with Gasteiger partial charge in [-0.2, -0.15) is 0 Å². The molecule has 0 saturated carbocycles. The second kappa shape index (κ2) is 9.63. The van der Waals surface area contributed by atoms with Crippen molar-refractivity contribution in [3.63, 3.8) is 0 Å². The first-order valence-electron chi connectivity index (χ1n) is 11.3. The van der Waals surface area contributed by atoms with E-state index in [4.69, 9.17) is 0 Å². The number of amides is 1. The Kier molecular flexibility index (Phi) is 6.21. The summed E-state index contributed by atoms with van der Waals surface area (Å²) in [7, 11) is -3.93. The highest BCUT2D eigenvalue weighted by Gasteiger charge is 2.30. The minimum Gasteiger partial charge on any atom is -0.478 e. The standard InChI is InChI=1S/C28H21N3O5S/c32-27-25(26(18-7-3-1-4-8-18)29-20-13-11-19(12-14-20)28(33)34)23-17-22(15-16-24(23)30-27)37(35,36)31-21-9-5-2-6-10-21/h1-17,29,31H,(H,30,32)(H,33,34)/b26-25-. The van der Waals surface area contributed by atoms with Gasteiger partial charge in [0.05, 0.1) is 21.7 Å². The van der Waals surface area contributed by atoms with E-state index >= 15 is 0 Å². The van der Waals surface area contributed by atoms with Gasteiger partial charge in [-0.15, -0.1) is 0 Å². The van der Waals surface area contributed by atoms with Gasteiger partial charge in [-0.3, -0.25) is 9.52 Å². The molecule has 0 atom stereocenters. The van der Waals surface area contributed by atoms with Crippen LogP contribution in [0.3, 0.4) is 0 Å². The number of anilines is 3. The number of hydrogen-bond acceptors (Lipinski definition) is 5. The van der Waals surface area contributed by atoms with Crippen molar-refractivity contribution in [2.75, 3.05) is 15.4 Å². The topological polar surface area (TPSA) is 125 Å². The number of aromatic carboxylic acids is 1. The number of carboxylic acid groups (broad SMARTS) is 1. The lowest BCUT2D eigenvalue weighted by molar-refractivity contribution is -0.110. The molecular weight excluding hydrogens is 490 g/mol. The smallest absolute Gasteiger partial charge is 0.335 e. The lowest BCUT2D eigenvalue weighted by Crippen LogP contribution is -2.13. The zero-order valence-electron chi connectivity index (χ0n) is 19.3. The monoisotopic (exact) mass is 511 g/mol. The van der Waals surface area contributed by atoms with Gasteiger partial charge < -0.3 is 15.7 Å². The average Bonchev–Trinajstić information content (AvgIpc) is 3.23. The zero-order chi connectivity index (χ0) is 26.0. The van der Waals surface area contributed by atoms with Gasteiger partial charge in [0.2, 0.25) is 0 Å². The van der Waals surface area contributed by atoms with E-state index in [2.05, 4.69) is 15.4 Å². The van der Waals surface area contributed by atoms with Gasteiger partial charge in [0.15, 0.2) is 0 Å². The normalized spacial score (nSPS) is 13.9. The summed E-state index contributed by atoms with van der Waals surface area (Å²) >= 11 is 0. The SMILES string of the molecule is O=C1Nc2ccc(S(=O)(=O)Nc3ccccc3)cc2/C1=C(/Nc1ccc(C(=O)O)cc1)c1ccccc1. The molecule has 0 aliphatic carbocycles. The van der Waals surface area contributed by atoms with Gasteiger partial charge in [0.25, 0.3) is 15.9 Å². The second-order valence-corrected chi connectivity index (χ2v) is 9.94. The molecule has 5 rings (SSSR count). The van der Waals surface area contributed by atoms with Gasteiger partial charge >= 0.3 is 5.97 Å². The van der Waals surface area contributed by atoms with Crippen LogP contribution < -0.4 is 15.4 Å². The summed E-state index contributed by atoms with van der Waals surface area (Å²) in [6, 6.07) is 28.3. The Bertz CT molecular complexity index is 1630. The summed E-state index contributed by atoms with van der Waals surface area (Å²) in [6.07, 6.45) is 0. The van der Waals surface area contributed by atoms with E-state index in [1.807, 2.05) is 30.3 Å². The molecule has 0 saturated heterocycles. The number of fused-ring (bicyclic) bond motifs is 1. The van der Waals surface area contributed by atoms with E-state index in [0.29, 0.717) is 33.9 Å². The van der Waals surface area contributed by atoms with Crippen molar-refractivity contribution in [3.05, 3.63) is 120 Å². The fourth-order valence-corrected chi connectivity index (χ4v) is 5.09. The summed E-state index contributed by atoms with van der Waals surface area (Å²) in [4.78, 5) is 24.4. The lowest BCUT2D eigenvalue weighted by atomic mass is 10.00. The molecule has 0 fully saturated rings. The van der Waals surface area contributed by atoms with Gasteiger partial charge in [-0.25, -0.2) is 13.2 Å². The van der Waals surface area contributed by atoms with Crippen molar-refractivity contribution < 1.29 is 23.1 Å². The van der Waals surface area contributed by atoms with Crippen LogP contribution in [-0.4, -0.2) is 25.4 Å². The summed E-state index contributed by atoms with van der Waals surface area (Å²) in [5.74, 6) is -1.44. The number of para-hydroxylation sites is 1. The summed E-state index contributed by atoms with van der Waals surface area (Å²) < 4.78 is 28.8. The van der Waals surface area contributed by atoms with Crippen molar-refractivity contribution in [2.24, 2.45) is 0 Å². The third-order valence-corrected chi connectivity index (χ3v) is 7.16. The molecule has 1 amide bonds. The maximum atomic E-state index is 13.2. The van der Waals surface area contributed by atoms with Crippen LogP contribution in [0.1, 0.15) is 21.5 Å². The van der Waals surface area contributed by atoms with Crippen LogP contribution in [0.25, 0.3) is 11.3 Å². The van der Waals surface area contributed by atoms with Gasteiger partial charge in [-0.05, 0) is 60.2 Å². The fraction of sp³-hybridized carbons (Fsp3) is 0. The molecule has 8 nitrogen and oxygen atoms in total. The van der Waals surface area contributed by atoms with Crippen molar-refractivity contribution in [3.8, 4) is 0 Å². The Labute approximate surface area is 213 Å². The first kappa shape index (κ1) is 23.8. The second-order valence-electron chi connectivity index (χ2n) is 8.26. The molecule has 0 aromatic heterocycles. The molecule has 1 heterocycles. The molecule has 0 radical (unpaired) electrons. The molecule has 9 heteroatoms. The van der Waals surface area contributed by atoms with E-state index in [9.17, 15) is 23.1 Å². The number of nitrogens with one attached hydrogen (secondary N) is 3. The molecule has 1 aliphatic rings. The van der Waals surface area contributed by atoms with Crippen LogP contribution in [0.15, 0.2) is 108 Å². The predicted octanol–water partition coefficient (Wildman–Crippen LogP) is 5.12. The predicted molar refractivity (Wildman–Crippen MR) is 143 cm³/mol. The molecule has 0 bridgehead atoms. The third kappa shape index (κ3) is 4.93. The largest absolute Gasteiger partial charge is 0.478 e. The van der Waals surface area contributed by atoms with E-state index in [1.54, 1.807) is 48.5 Å². The Balaban J connectivity index is 1.61. The maximum absolute atomic E-state index is 13.2. The first-order valence-corrected chi connectivity index (χ1v) is 12.7. The molecule has 0 spiro atoms. The number of hydrogen-bond donors (Lipinski definition) is 4. The van der Waals surface area contributed by atoms with E-state index in [1.165, 1.54) is 24.3 Å². The molecule has 4 aromatic carbocycles. The number of carboxylic acids is 1. The quantitative estimate of drug-likeness (QED) is 0.255. The highest BCUT2D eigenvalue weighted by Crippen LogP contribution is 2.39. The molecular formula is C28H21N3O5S. The molecule has 1 aliphatic heterocycles. The zero-order valence-corrected chi connectivity index (χ0v) is 20.1. The number of benzene rings is 4. The highest BCUT2D eigenvalue weighted by molar-refractivity contribution is 7.92. The van der Waals surface area contributed by atoms with Crippen molar-refractivity contribution in [2.45, 2.75) is 4.90 Å². The number of carbonyl (C=O) groups excluding carboxylic acids is 1. The van der Waals surface area contributed by atoms with Crippen molar-refractivity contribution in [1.29, 1.82) is 0 Å². The molecule has 37 heavy (non-hydrogen) atoms. The Morgan fingerprint density at radius 3 is 2.05 bits per heavy atom. The Morgan fingerprint density at radius 1 is 0.757 bits per heavy atom. The number of carbonyl (C=O) groups is 2. The summed E-state index contributed by atoms with van der Waals surface area (Å²) in [5.41, 5.74) is 3.43. The van der Waals surface area contributed by atoms with E-state index in [0.717, 1.165) is 0 Å². The van der Waals surface area contributed by atoms with E-state index in [-0.39, 0.29) is 16.0 Å².